The number of benzene rings is 1. The normalized spacial score (nSPS) is 11.5. The molecular formula is C9H8N2O2S3. The van der Waals surface area contributed by atoms with Gasteiger partial charge in [-0.1, -0.05) is 29.5 Å². The standard InChI is InChI=1S/C9H8N2O2S3/c12-16(13,7-4-2-1-3-5-7)6-8-10-11-9(14)15-8/h1-5H,6H2,(H,11,14). The third-order valence-electron chi connectivity index (χ3n) is 1.90. The maximum Gasteiger partial charge on any atom is 0.184 e. The van der Waals surface area contributed by atoms with Gasteiger partial charge in [-0.05, 0) is 24.4 Å². The predicted molar refractivity (Wildman–Crippen MR) is 64.6 cm³/mol. The molecule has 2 aromatic rings. The largest absolute Gasteiger partial charge is 0.258 e. The van der Waals surface area contributed by atoms with E-state index in [-0.39, 0.29) is 5.75 Å². The number of sulfone groups is 1. The fourth-order valence-corrected chi connectivity index (χ4v) is 3.76. The van der Waals surface area contributed by atoms with Crippen molar-refractivity contribution >= 4 is 33.4 Å². The summed E-state index contributed by atoms with van der Waals surface area (Å²) in [6.07, 6.45) is 0. The van der Waals surface area contributed by atoms with Gasteiger partial charge in [0.25, 0.3) is 0 Å². The highest BCUT2D eigenvalue weighted by Gasteiger charge is 2.16. The number of hydrogen-bond acceptors (Lipinski definition) is 5. The van der Waals surface area contributed by atoms with Crippen LogP contribution in [0.2, 0.25) is 0 Å². The van der Waals surface area contributed by atoms with E-state index < -0.39 is 9.84 Å². The Morgan fingerprint density at radius 1 is 1.31 bits per heavy atom. The predicted octanol–water partition coefficient (Wildman–Crippen LogP) is 2.17. The molecule has 0 saturated carbocycles. The summed E-state index contributed by atoms with van der Waals surface area (Å²) in [6, 6.07) is 8.30. The molecule has 7 heteroatoms. The van der Waals surface area contributed by atoms with E-state index in [1.807, 2.05) is 0 Å². The summed E-state index contributed by atoms with van der Waals surface area (Å²) in [6.45, 7) is 0. The Morgan fingerprint density at radius 3 is 2.56 bits per heavy atom. The third kappa shape index (κ3) is 2.55. The highest BCUT2D eigenvalue weighted by molar-refractivity contribution is 7.90. The molecule has 0 aliphatic carbocycles. The molecule has 0 atom stereocenters. The Balaban J connectivity index is 2.31. The van der Waals surface area contributed by atoms with Crippen LogP contribution in [0.25, 0.3) is 0 Å². The summed E-state index contributed by atoms with van der Waals surface area (Å²) in [5, 5.41) is 6.88. The van der Waals surface area contributed by atoms with E-state index in [9.17, 15) is 8.42 Å². The molecule has 0 amide bonds. The number of nitrogens with zero attached hydrogens (tertiary/aromatic N) is 1. The van der Waals surface area contributed by atoms with E-state index >= 15 is 0 Å². The van der Waals surface area contributed by atoms with Crippen LogP contribution in [-0.4, -0.2) is 18.6 Å². The lowest BCUT2D eigenvalue weighted by atomic mass is 10.4. The first-order valence-electron chi connectivity index (χ1n) is 4.40. The van der Waals surface area contributed by atoms with Crippen LogP contribution in [0.4, 0.5) is 0 Å². The molecule has 0 unspecified atom stereocenters. The molecule has 0 spiro atoms. The van der Waals surface area contributed by atoms with Crippen molar-refractivity contribution in [3.63, 3.8) is 0 Å². The molecule has 1 N–H and O–H groups in total. The van der Waals surface area contributed by atoms with Gasteiger partial charge in [0.1, 0.15) is 10.8 Å². The molecule has 0 aliphatic rings. The third-order valence-corrected chi connectivity index (χ3v) is 4.81. The van der Waals surface area contributed by atoms with E-state index in [1.165, 1.54) is 11.3 Å². The molecule has 0 saturated heterocycles. The monoisotopic (exact) mass is 272 g/mol. The summed E-state index contributed by atoms with van der Waals surface area (Å²) in [7, 11) is -3.32. The molecular weight excluding hydrogens is 264 g/mol. The Labute approximate surface area is 102 Å². The molecule has 0 bridgehead atoms. The van der Waals surface area contributed by atoms with Crippen molar-refractivity contribution in [1.29, 1.82) is 0 Å². The summed E-state index contributed by atoms with van der Waals surface area (Å²) < 4.78 is 24.3. The Kier molecular flexibility index (Phi) is 3.17. The molecule has 0 fully saturated rings. The van der Waals surface area contributed by atoms with Crippen LogP contribution in [0.5, 0.6) is 0 Å². The first-order valence-corrected chi connectivity index (χ1v) is 7.28. The van der Waals surface area contributed by atoms with Crippen molar-refractivity contribution in [2.75, 3.05) is 0 Å². The zero-order chi connectivity index (χ0) is 11.6. The second-order valence-corrected chi connectivity index (χ2v) is 6.82. The lowest BCUT2D eigenvalue weighted by Crippen LogP contribution is -2.04. The van der Waals surface area contributed by atoms with Gasteiger partial charge in [-0.3, -0.25) is 5.10 Å². The quantitative estimate of drug-likeness (QED) is 0.870. The second-order valence-electron chi connectivity index (χ2n) is 3.08. The summed E-state index contributed by atoms with van der Waals surface area (Å²) >= 11 is 6.02. The summed E-state index contributed by atoms with van der Waals surface area (Å²) in [5.41, 5.74) is 0. The lowest BCUT2D eigenvalue weighted by Gasteiger charge is -2.00. The molecule has 1 heterocycles. The lowest BCUT2D eigenvalue weighted by molar-refractivity contribution is 0.595. The Bertz CT molecular complexity index is 628. The molecule has 2 rings (SSSR count). The van der Waals surface area contributed by atoms with E-state index in [1.54, 1.807) is 30.3 Å². The number of aromatic amines is 1. The van der Waals surface area contributed by atoms with Crippen molar-refractivity contribution in [1.82, 2.24) is 10.2 Å². The molecule has 4 nitrogen and oxygen atoms in total. The van der Waals surface area contributed by atoms with Crippen LogP contribution < -0.4 is 0 Å². The van der Waals surface area contributed by atoms with Gasteiger partial charge in [0, 0.05) is 0 Å². The highest BCUT2D eigenvalue weighted by atomic mass is 32.2. The van der Waals surface area contributed by atoms with Crippen LogP contribution in [0, 0.1) is 3.95 Å². The molecule has 84 valence electrons. The maximum atomic E-state index is 11.9. The molecule has 16 heavy (non-hydrogen) atoms. The minimum Gasteiger partial charge on any atom is -0.258 e. The Morgan fingerprint density at radius 2 is 2.00 bits per heavy atom. The zero-order valence-corrected chi connectivity index (χ0v) is 10.5. The van der Waals surface area contributed by atoms with E-state index in [0.717, 1.165) is 0 Å². The number of H-pyrrole nitrogens is 1. The van der Waals surface area contributed by atoms with Gasteiger partial charge < -0.3 is 0 Å². The van der Waals surface area contributed by atoms with Gasteiger partial charge >= 0.3 is 0 Å². The number of hydrogen-bond donors (Lipinski definition) is 1. The van der Waals surface area contributed by atoms with Crippen LogP contribution in [0.3, 0.4) is 0 Å². The van der Waals surface area contributed by atoms with Crippen LogP contribution in [-0.2, 0) is 15.6 Å². The molecule has 0 radical (unpaired) electrons. The van der Waals surface area contributed by atoms with Crippen molar-refractivity contribution in [3.8, 4) is 0 Å². The molecule has 1 aromatic carbocycles. The van der Waals surface area contributed by atoms with Crippen molar-refractivity contribution in [2.24, 2.45) is 0 Å². The zero-order valence-electron chi connectivity index (χ0n) is 8.08. The van der Waals surface area contributed by atoms with Crippen LogP contribution in [0.1, 0.15) is 5.01 Å². The van der Waals surface area contributed by atoms with E-state index in [2.05, 4.69) is 10.2 Å². The van der Waals surface area contributed by atoms with Crippen molar-refractivity contribution in [3.05, 3.63) is 39.3 Å². The fraction of sp³-hybridized carbons (Fsp3) is 0.111. The highest BCUT2D eigenvalue weighted by Crippen LogP contribution is 2.17. The number of rotatable bonds is 3. The average Bonchev–Trinajstić information content (AvgIpc) is 2.64. The van der Waals surface area contributed by atoms with Gasteiger partial charge in [-0.2, -0.15) is 5.10 Å². The van der Waals surface area contributed by atoms with Gasteiger partial charge in [0.2, 0.25) is 0 Å². The number of nitrogens with one attached hydrogen (secondary N) is 1. The van der Waals surface area contributed by atoms with E-state index in [4.69, 9.17) is 12.2 Å². The van der Waals surface area contributed by atoms with Crippen LogP contribution in [0.15, 0.2) is 35.2 Å². The molecule has 0 aliphatic heterocycles. The van der Waals surface area contributed by atoms with Crippen molar-refractivity contribution < 1.29 is 8.42 Å². The van der Waals surface area contributed by atoms with Gasteiger partial charge in [-0.15, -0.1) is 0 Å². The average molecular weight is 272 g/mol. The maximum absolute atomic E-state index is 11.9. The summed E-state index contributed by atoms with van der Waals surface area (Å²) in [5.74, 6) is -0.116. The number of aromatic nitrogens is 2. The van der Waals surface area contributed by atoms with Crippen LogP contribution >= 0.6 is 23.6 Å². The Hall–Kier alpha value is -1.05. The summed E-state index contributed by atoms with van der Waals surface area (Å²) in [4.78, 5) is 0.302. The fourth-order valence-electron chi connectivity index (χ4n) is 1.20. The van der Waals surface area contributed by atoms with Gasteiger partial charge in [0.05, 0.1) is 4.90 Å². The minimum absolute atomic E-state index is 0.116. The van der Waals surface area contributed by atoms with E-state index in [0.29, 0.717) is 13.9 Å². The first-order chi connectivity index (χ1) is 7.58. The smallest absolute Gasteiger partial charge is 0.184 e. The SMILES string of the molecule is O=S(=O)(Cc1n[nH]c(=S)s1)c1ccccc1. The first kappa shape index (κ1) is 11.4. The second kappa shape index (κ2) is 4.44. The topological polar surface area (TPSA) is 62.8 Å². The molecule has 1 aromatic heterocycles. The van der Waals surface area contributed by atoms with Crippen molar-refractivity contribution in [2.45, 2.75) is 10.6 Å². The van der Waals surface area contributed by atoms with Gasteiger partial charge in [0.15, 0.2) is 13.8 Å². The minimum atomic E-state index is -3.32. The van der Waals surface area contributed by atoms with Gasteiger partial charge in [-0.25, -0.2) is 8.42 Å².